The van der Waals surface area contributed by atoms with Crippen molar-refractivity contribution in [3.63, 3.8) is 0 Å². The summed E-state index contributed by atoms with van der Waals surface area (Å²) in [5.41, 5.74) is 0. The number of quaternary nitrogens is 2. The molecule has 4 heteroatoms. The van der Waals surface area contributed by atoms with Gasteiger partial charge in [-0.3, -0.25) is 0 Å². The van der Waals surface area contributed by atoms with Gasteiger partial charge in [-0.15, -0.1) is 0 Å². The molecule has 0 radical (unpaired) electrons. The number of hydrogen-bond acceptors (Lipinski definition) is 0. The predicted octanol–water partition coefficient (Wildman–Crippen LogP) is 7.52. The molecule has 0 aliphatic carbocycles. The second-order valence-corrected chi connectivity index (χ2v) is 14.5. The highest BCUT2D eigenvalue weighted by Crippen LogP contribution is 2.49. The fourth-order valence-corrected chi connectivity index (χ4v) is 9.23. The monoisotopic (exact) mass is 456 g/mol. The van der Waals surface area contributed by atoms with Crippen LogP contribution in [0.5, 0.6) is 0 Å². The van der Waals surface area contributed by atoms with Crippen LogP contribution in [-0.4, -0.2) is 76.8 Å². The summed E-state index contributed by atoms with van der Waals surface area (Å²) in [7, 11) is 10.0. The van der Waals surface area contributed by atoms with Gasteiger partial charge in [-0.25, -0.2) is 0 Å². The third kappa shape index (κ3) is 7.52. The molecule has 0 aromatic heterocycles. The summed E-state index contributed by atoms with van der Waals surface area (Å²) in [6, 6.07) is 0. The van der Waals surface area contributed by atoms with Gasteiger partial charge < -0.3 is 8.97 Å². The first-order valence-electron chi connectivity index (χ1n) is 15.5. The van der Waals surface area contributed by atoms with Gasteiger partial charge in [0.25, 0.3) is 0 Å². The van der Waals surface area contributed by atoms with Crippen molar-refractivity contribution in [2.24, 2.45) is 0 Å². The van der Waals surface area contributed by atoms with Crippen LogP contribution in [0.3, 0.4) is 0 Å². The van der Waals surface area contributed by atoms with Crippen molar-refractivity contribution in [1.29, 1.82) is 0 Å². The molecule has 0 aromatic rings. The molecule has 0 N–H and O–H groups in total. The molecule has 4 aliphatic heterocycles. The van der Waals surface area contributed by atoms with E-state index in [1.54, 1.807) is 51.4 Å². The topological polar surface area (TPSA) is 0 Å². The molecule has 4 saturated heterocycles. The molecule has 4 rings (SSSR count). The Morgan fingerprint density at radius 2 is 0.727 bits per heavy atom. The Morgan fingerprint density at radius 3 is 1.03 bits per heavy atom. The van der Waals surface area contributed by atoms with E-state index < -0.39 is 0 Å². The average Bonchev–Trinajstić information content (AvgIpc) is 2.73. The van der Waals surface area contributed by atoms with Gasteiger partial charge in [0.2, 0.25) is 0 Å². The maximum atomic E-state index is 2.50. The fourth-order valence-electron chi connectivity index (χ4n) is 9.23. The molecule has 2 nitrogen and oxygen atoms in total. The van der Waals surface area contributed by atoms with E-state index >= 15 is 0 Å². The molecule has 4 fully saturated rings. The lowest BCUT2D eigenvalue weighted by Gasteiger charge is -2.41. The Bertz CT molecular complexity index is 498. The van der Waals surface area contributed by atoms with Crippen molar-refractivity contribution < 1.29 is 8.97 Å². The first-order chi connectivity index (χ1) is 15.8. The Kier molecular flexibility index (Phi) is 9.39. The van der Waals surface area contributed by atoms with Crippen LogP contribution in [0.25, 0.3) is 0 Å². The smallest absolute Gasteiger partial charge is 0.146 e. The number of fused-ring (bicyclic) bond motifs is 4. The molecule has 0 aromatic carbocycles. The lowest BCUT2D eigenvalue weighted by molar-refractivity contribution is -0.909. The normalized spacial score (nSPS) is 30.5. The van der Waals surface area contributed by atoms with E-state index in [1.807, 2.05) is 0 Å². The molecule has 0 amide bonds. The van der Waals surface area contributed by atoms with Gasteiger partial charge >= 0.3 is 0 Å². The first kappa shape index (κ1) is 26.1. The summed E-state index contributed by atoms with van der Waals surface area (Å²) < 4.78 is 2.49. The summed E-state index contributed by atoms with van der Waals surface area (Å²) in [5, 5.41) is 0. The predicted molar refractivity (Wildman–Crippen MR) is 149 cm³/mol. The highest BCUT2D eigenvalue weighted by molar-refractivity contribution is 6.63. The molecular formula is C29H58B2N2+2. The van der Waals surface area contributed by atoms with Crippen LogP contribution in [0.4, 0.5) is 0 Å². The summed E-state index contributed by atoms with van der Waals surface area (Å²) in [6.07, 6.45) is 25.9. The van der Waals surface area contributed by atoms with Crippen LogP contribution < -0.4 is 0 Å². The van der Waals surface area contributed by atoms with Gasteiger partial charge in [-0.05, 0) is 12.8 Å². The van der Waals surface area contributed by atoms with Crippen LogP contribution in [-0.2, 0) is 0 Å². The van der Waals surface area contributed by atoms with Gasteiger partial charge in [-0.1, -0.05) is 113 Å². The van der Waals surface area contributed by atoms with Crippen molar-refractivity contribution in [2.75, 3.05) is 54.4 Å². The van der Waals surface area contributed by atoms with Gasteiger partial charge in [0, 0.05) is 6.42 Å². The molecule has 4 bridgehead atoms. The van der Waals surface area contributed by atoms with E-state index in [-0.39, 0.29) is 0 Å². The Hall–Kier alpha value is 0.0499. The van der Waals surface area contributed by atoms with E-state index in [0.29, 0.717) is 0 Å². The minimum Gasteiger partial charge on any atom is -0.328 e. The zero-order valence-electron chi connectivity index (χ0n) is 23.2. The number of nitrogens with zero attached hydrogens (tertiary/aromatic N) is 2. The first-order valence-corrected chi connectivity index (χ1v) is 15.5. The summed E-state index contributed by atoms with van der Waals surface area (Å²) in [5.74, 6) is 4.39. The van der Waals surface area contributed by atoms with Gasteiger partial charge in [0.05, 0.1) is 54.4 Å². The van der Waals surface area contributed by atoms with Crippen LogP contribution in [0, 0.1) is 0 Å². The Balaban J connectivity index is 1.10. The van der Waals surface area contributed by atoms with Crippen molar-refractivity contribution in [2.45, 2.75) is 132 Å². The van der Waals surface area contributed by atoms with Gasteiger partial charge in [-0.2, -0.15) is 0 Å². The maximum absolute atomic E-state index is 2.50. The van der Waals surface area contributed by atoms with E-state index in [1.165, 1.54) is 92.7 Å². The van der Waals surface area contributed by atoms with Crippen molar-refractivity contribution in [3.8, 4) is 0 Å². The number of rotatable bonds is 12. The van der Waals surface area contributed by atoms with Crippen LogP contribution in [0.1, 0.15) is 96.3 Å². The number of hydrogen-bond donors (Lipinski definition) is 0. The minimum atomic E-state index is 1.09. The summed E-state index contributed by atoms with van der Waals surface area (Å²) >= 11 is 0. The molecule has 0 atom stereocenters. The maximum Gasteiger partial charge on any atom is 0.146 e. The highest BCUT2D eigenvalue weighted by atomic mass is 15.3. The molecule has 188 valence electrons. The summed E-state index contributed by atoms with van der Waals surface area (Å²) in [6.45, 7) is 7.71. The van der Waals surface area contributed by atoms with Gasteiger partial charge in [0.1, 0.15) is 13.4 Å². The Labute approximate surface area is 209 Å². The quantitative estimate of drug-likeness (QED) is 0.211. The standard InChI is InChI=1S/C29H58B2N2/c1-32(2,22-9-20-30-26-12-5-13-27(30)15-6-14-26)24-11-25-33(3,4)23-10-21-31-28-16-7-17-29(31)19-8-18-28/h26-29H,5-25H2,1-4H3/q+2. The third-order valence-corrected chi connectivity index (χ3v) is 11.1. The lowest BCUT2D eigenvalue weighted by atomic mass is 9.26. The van der Waals surface area contributed by atoms with Crippen molar-refractivity contribution in [1.82, 2.24) is 0 Å². The fraction of sp³-hybridized carbons (Fsp3) is 1.00. The second kappa shape index (κ2) is 11.9. The van der Waals surface area contributed by atoms with Crippen molar-refractivity contribution in [3.05, 3.63) is 0 Å². The molecule has 0 saturated carbocycles. The van der Waals surface area contributed by atoms with Crippen LogP contribution in [0.15, 0.2) is 0 Å². The van der Waals surface area contributed by atoms with E-state index in [9.17, 15) is 0 Å². The summed E-state index contributed by atoms with van der Waals surface area (Å²) in [4.78, 5) is 0. The van der Waals surface area contributed by atoms with E-state index in [0.717, 1.165) is 36.7 Å². The SMILES string of the molecule is C[N+](C)(CCCB1C2CCCC1CCC2)CCC[N+](C)(C)CCCB1C2CCCC1CCC2. The molecular weight excluding hydrogens is 398 g/mol. The molecule has 4 aliphatic rings. The van der Waals surface area contributed by atoms with Crippen LogP contribution in [0.2, 0.25) is 35.9 Å². The zero-order valence-corrected chi connectivity index (χ0v) is 23.2. The second-order valence-electron chi connectivity index (χ2n) is 14.5. The zero-order chi connectivity index (χ0) is 23.3. The minimum absolute atomic E-state index is 1.09. The van der Waals surface area contributed by atoms with E-state index in [4.69, 9.17) is 0 Å². The molecule has 33 heavy (non-hydrogen) atoms. The lowest BCUT2D eigenvalue weighted by Crippen LogP contribution is -2.46. The third-order valence-electron chi connectivity index (χ3n) is 11.1. The largest absolute Gasteiger partial charge is 0.328 e. The molecule has 4 heterocycles. The molecule has 0 unspecified atom stereocenters. The van der Waals surface area contributed by atoms with E-state index in [2.05, 4.69) is 28.2 Å². The molecule has 0 spiro atoms. The highest BCUT2D eigenvalue weighted by Gasteiger charge is 2.39. The van der Waals surface area contributed by atoms with Crippen molar-refractivity contribution >= 4 is 13.4 Å². The average molecular weight is 456 g/mol. The van der Waals surface area contributed by atoms with Crippen LogP contribution >= 0.6 is 0 Å². The van der Waals surface area contributed by atoms with Gasteiger partial charge in [0.15, 0.2) is 0 Å². The Morgan fingerprint density at radius 1 is 0.455 bits per heavy atom.